The maximum absolute atomic E-state index is 13.8. The predicted octanol–water partition coefficient (Wildman–Crippen LogP) is 7.02. The topological polar surface area (TPSA) is 37.6 Å². The number of halogens is 4. The molecule has 29 heavy (non-hydrogen) atoms. The second-order valence-corrected chi connectivity index (χ2v) is 7.58. The van der Waals surface area contributed by atoms with E-state index in [2.05, 4.69) is 15.0 Å². The molecule has 0 amide bonds. The van der Waals surface area contributed by atoms with Crippen molar-refractivity contribution in [1.29, 1.82) is 0 Å². The van der Waals surface area contributed by atoms with Crippen LogP contribution >= 0.6 is 20.2 Å². The van der Waals surface area contributed by atoms with Gasteiger partial charge in [-0.15, -0.1) is 0 Å². The second-order valence-electron chi connectivity index (χ2n) is 5.76. The summed E-state index contributed by atoms with van der Waals surface area (Å²) >= 11 is 0.194. The molecule has 0 fully saturated rings. The summed E-state index contributed by atoms with van der Waals surface area (Å²) in [7, 11) is 9.53. The molecule has 0 aliphatic rings. The van der Waals surface area contributed by atoms with Crippen molar-refractivity contribution in [3.63, 3.8) is 0 Å². The fourth-order valence-electron chi connectivity index (χ4n) is 2.40. The summed E-state index contributed by atoms with van der Waals surface area (Å²) < 4.78 is 27.5. The van der Waals surface area contributed by atoms with Crippen molar-refractivity contribution in [3.05, 3.63) is 89.8 Å². The first-order chi connectivity index (χ1) is 14.0. The predicted molar refractivity (Wildman–Crippen MR) is 112 cm³/mol. The minimum atomic E-state index is -0.389. The van der Waals surface area contributed by atoms with E-state index in [1.54, 1.807) is 62.4 Å². The van der Waals surface area contributed by atoms with E-state index in [0.29, 0.717) is 22.8 Å². The first kappa shape index (κ1) is 23.2. The van der Waals surface area contributed by atoms with Crippen molar-refractivity contribution in [2.75, 3.05) is 0 Å². The third-order valence-electron chi connectivity index (χ3n) is 3.77. The Labute approximate surface area is 183 Å². The van der Waals surface area contributed by atoms with Crippen LogP contribution in [0.2, 0.25) is 0 Å². The number of rotatable bonds is 4. The molecule has 0 saturated heterocycles. The number of hydrogen-bond acceptors (Lipinski definition) is 3. The molecule has 3 rings (SSSR count). The van der Waals surface area contributed by atoms with Crippen molar-refractivity contribution in [2.45, 2.75) is 13.8 Å². The Morgan fingerprint density at radius 1 is 0.724 bits per heavy atom. The number of aliphatic imine (C=N–C) groups is 2. The van der Waals surface area contributed by atoms with Crippen LogP contribution < -0.4 is 0 Å². The molecule has 3 nitrogen and oxygen atoms in total. The van der Waals surface area contributed by atoms with E-state index in [-0.39, 0.29) is 36.1 Å². The SMILES string of the molecule is CC(=Nc1ccccc1F)c1cccc(C(C)=Nc2ccccc2F)n1.[Cl][Fe][Cl]. The monoisotopic (exact) mass is 475 g/mol. The van der Waals surface area contributed by atoms with E-state index in [0.717, 1.165) is 0 Å². The van der Waals surface area contributed by atoms with Crippen LogP contribution in [0.15, 0.2) is 76.7 Å². The van der Waals surface area contributed by atoms with Gasteiger partial charge in [0, 0.05) is 0 Å². The number of aromatic nitrogens is 1. The van der Waals surface area contributed by atoms with E-state index in [4.69, 9.17) is 20.2 Å². The van der Waals surface area contributed by atoms with Gasteiger partial charge in [0.05, 0.1) is 34.2 Å². The van der Waals surface area contributed by atoms with E-state index in [1.165, 1.54) is 12.1 Å². The molecule has 8 heteroatoms. The van der Waals surface area contributed by atoms with Gasteiger partial charge < -0.3 is 0 Å². The van der Waals surface area contributed by atoms with E-state index < -0.39 is 0 Å². The molecule has 0 unspecified atom stereocenters. The molecule has 0 spiro atoms. The van der Waals surface area contributed by atoms with Crippen LogP contribution in [0.5, 0.6) is 0 Å². The standard InChI is InChI=1S/C21H17F2N3.2ClH.Fe/c1-14(24-20-10-5-3-8-16(20)22)18-12-7-13-19(26-18)15(2)25-21-11-6-4-9-17(21)23;;;/h3-13H,1-2H3;2*1H;/q;;;+2/p-2. The number of hydrogen-bond donors (Lipinski definition) is 0. The summed E-state index contributed by atoms with van der Waals surface area (Å²) in [6, 6.07) is 18.0. The Bertz CT molecular complexity index is 949. The normalized spacial score (nSPS) is 11.8. The average molecular weight is 476 g/mol. The summed E-state index contributed by atoms with van der Waals surface area (Å²) in [5, 5.41) is 0. The van der Waals surface area contributed by atoms with Crippen LogP contribution in [0.3, 0.4) is 0 Å². The summed E-state index contributed by atoms with van der Waals surface area (Å²) in [5.41, 5.74) is 2.89. The summed E-state index contributed by atoms with van der Waals surface area (Å²) in [6.07, 6.45) is 0. The van der Waals surface area contributed by atoms with Crippen LogP contribution in [0.1, 0.15) is 25.2 Å². The van der Waals surface area contributed by atoms with Crippen LogP contribution in [-0.4, -0.2) is 16.4 Å². The molecule has 0 aliphatic carbocycles. The zero-order valence-electron chi connectivity index (χ0n) is 15.6. The first-order valence-electron chi connectivity index (χ1n) is 8.39. The summed E-state index contributed by atoms with van der Waals surface area (Å²) in [6.45, 7) is 3.53. The van der Waals surface area contributed by atoms with Crippen molar-refractivity contribution < 1.29 is 21.9 Å². The van der Waals surface area contributed by atoms with Gasteiger partial charge in [0.15, 0.2) is 0 Å². The molecule has 1 aromatic heterocycles. The molecular weight excluding hydrogens is 459 g/mol. The number of para-hydroxylation sites is 2. The molecule has 0 atom stereocenters. The van der Waals surface area contributed by atoms with Crippen molar-refractivity contribution in [3.8, 4) is 0 Å². The Morgan fingerprint density at radius 2 is 1.10 bits per heavy atom. The molecule has 3 aromatic rings. The Kier molecular flexibility index (Phi) is 9.42. The Hall–Kier alpha value is -2.11. The van der Waals surface area contributed by atoms with Crippen LogP contribution in [0.4, 0.5) is 20.2 Å². The number of benzene rings is 2. The zero-order chi connectivity index (χ0) is 21.2. The van der Waals surface area contributed by atoms with Gasteiger partial charge in [-0.05, 0) is 50.2 Å². The molecule has 0 aliphatic heterocycles. The van der Waals surface area contributed by atoms with Crippen molar-refractivity contribution >= 4 is 43.0 Å². The zero-order valence-corrected chi connectivity index (χ0v) is 18.2. The third kappa shape index (κ3) is 7.02. The number of pyridine rings is 1. The van der Waals surface area contributed by atoms with E-state index >= 15 is 0 Å². The van der Waals surface area contributed by atoms with Gasteiger partial charge >= 0.3 is 33.3 Å². The fraction of sp³-hybridized carbons (Fsp3) is 0.0952. The van der Waals surface area contributed by atoms with Gasteiger partial charge in [-0.2, -0.15) is 0 Å². The molecule has 0 bridgehead atoms. The summed E-state index contributed by atoms with van der Waals surface area (Å²) in [5.74, 6) is -0.777. The maximum atomic E-state index is 13.8. The second kappa shape index (κ2) is 11.8. The molecule has 0 radical (unpaired) electrons. The van der Waals surface area contributed by atoms with Gasteiger partial charge in [-0.25, -0.2) is 23.7 Å². The van der Waals surface area contributed by atoms with Crippen molar-refractivity contribution in [1.82, 2.24) is 4.98 Å². The van der Waals surface area contributed by atoms with Gasteiger partial charge in [0.1, 0.15) is 11.6 Å². The Balaban J connectivity index is 0.000000941. The molecule has 0 saturated carbocycles. The minimum absolute atomic E-state index is 0.194. The molecule has 152 valence electrons. The fourth-order valence-corrected chi connectivity index (χ4v) is 2.40. The molecular formula is C21H17Cl2F2FeN3. The summed E-state index contributed by atoms with van der Waals surface area (Å²) in [4.78, 5) is 13.1. The van der Waals surface area contributed by atoms with E-state index in [9.17, 15) is 8.78 Å². The first-order valence-corrected chi connectivity index (χ1v) is 11.4. The van der Waals surface area contributed by atoms with E-state index in [1.807, 2.05) is 6.07 Å². The average Bonchev–Trinajstić information content (AvgIpc) is 2.72. The molecule has 1 heterocycles. The van der Waals surface area contributed by atoms with Gasteiger partial charge in [0.2, 0.25) is 0 Å². The van der Waals surface area contributed by atoms with Crippen LogP contribution in [-0.2, 0) is 13.1 Å². The quantitative estimate of drug-likeness (QED) is 0.295. The Morgan fingerprint density at radius 3 is 1.48 bits per heavy atom. The van der Waals surface area contributed by atoms with Crippen molar-refractivity contribution in [2.24, 2.45) is 9.98 Å². The molecule has 2 aromatic carbocycles. The molecule has 0 N–H and O–H groups in total. The van der Waals surface area contributed by atoms with Crippen LogP contribution in [0.25, 0.3) is 0 Å². The van der Waals surface area contributed by atoms with Gasteiger partial charge in [0.25, 0.3) is 0 Å². The van der Waals surface area contributed by atoms with Gasteiger partial charge in [-0.3, -0.25) is 0 Å². The number of nitrogens with zero attached hydrogens (tertiary/aromatic N) is 3. The third-order valence-corrected chi connectivity index (χ3v) is 3.77. The van der Waals surface area contributed by atoms with Crippen LogP contribution in [0, 0.1) is 11.6 Å². The van der Waals surface area contributed by atoms with Gasteiger partial charge in [-0.1, -0.05) is 30.3 Å².